The van der Waals surface area contributed by atoms with E-state index in [1.807, 2.05) is 36.6 Å². The van der Waals surface area contributed by atoms with Crippen LogP contribution in [0.5, 0.6) is 0 Å². The Hall–Kier alpha value is -2.82. The minimum Gasteiger partial charge on any atom is -0.322 e. The number of nitrogens with one attached hydrogen (secondary N) is 3. The molecule has 3 N–H and O–H groups in total. The lowest BCUT2D eigenvalue weighted by atomic mass is 10.2. The van der Waals surface area contributed by atoms with Gasteiger partial charge in [-0.1, -0.05) is 12.1 Å². The minimum atomic E-state index is -0.190. The predicted molar refractivity (Wildman–Crippen MR) is 103 cm³/mol. The Morgan fingerprint density at radius 1 is 1.04 bits per heavy atom. The number of carbonyl (C=O) groups is 2. The molecule has 0 heterocycles. The highest BCUT2D eigenvalue weighted by Gasteiger charge is 2.15. The van der Waals surface area contributed by atoms with E-state index < -0.39 is 0 Å². The number of quaternary nitrogens is 1. The summed E-state index contributed by atoms with van der Waals surface area (Å²) in [5, 5.41) is 14.4. The Morgan fingerprint density at radius 2 is 1.65 bits per heavy atom. The molecule has 0 aliphatic rings. The maximum absolute atomic E-state index is 12.2. The smallest absolute Gasteiger partial charge is 0.279 e. The van der Waals surface area contributed by atoms with Gasteiger partial charge in [-0.2, -0.15) is 5.26 Å². The minimum absolute atomic E-state index is 0.143. The van der Waals surface area contributed by atoms with E-state index in [-0.39, 0.29) is 24.9 Å². The number of carbonyl (C=O) groups excluding carboxylic acids is 2. The van der Waals surface area contributed by atoms with E-state index in [1.165, 1.54) is 0 Å². The van der Waals surface area contributed by atoms with Crippen LogP contribution < -0.4 is 15.5 Å². The van der Waals surface area contributed by atoms with Gasteiger partial charge in [-0.3, -0.25) is 9.59 Å². The van der Waals surface area contributed by atoms with E-state index >= 15 is 0 Å². The monoisotopic (exact) mass is 369 g/mol. The lowest BCUT2D eigenvalue weighted by Gasteiger charge is -2.14. The Balaban J connectivity index is 1.83. The number of para-hydroxylation sites is 1. The fourth-order valence-corrected chi connectivity index (χ4v) is 2.94. The van der Waals surface area contributed by atoms with Gasteiger partial charge >= 0.3 is 0 Å². The first-order chi connectivity index (χ1) is 12.5. The maximum Gasteiger partial charge on any atom is 0.279 e. The van der Waals surface area contributed by atoms with Crippen molar-refractivity contribution in [2.75, 3.05) is 37.0 Å². The van der Waals surface area contributed by atoms with Gasteiger partial charge in [0.15, 0.2) is 13.1 Å². The molecule has 26 heavy (non-hydrogen) atoms. The first-order valence-electron chi connectivity index (χ1n) is 8.06. The zero-order chi connectivity index (χ0) is 18.9. The molecule has 0 aliphatic carbocycles. The highest BCUT2D eigenvalue weighted by Crippen LogP contribution is 2.24. The highest BCUT2D eigenvalue weighted by atomic mass is 32.2. The molecule has 0 fully saturated rings. The second-order valence-electron chi connectivity index (χ2n) is 5.80. The molecule has 0 aliphatic heterocycles. The largest absolute Gasteiger partial charge is 0.322 e. The quantitative estimate of drug-likeness (QED) is 0.644. The van der Waals surface area contributed by atoms with Crippen LogP contribution in [0.4, 0.5) is 11.4 Å². The van der Waals surface area contributed by atoms with Crippen molar-refractivity contribution in [3.8, 4) is 6.07 Å². The number of rotatable bonds is 7. The number of nitrogens with zero attached hydrogens (tertiary/aromatic N) is 1. The lowest BCUT2D eigenvalue weighted by Crippen LogP contribution is -3.11. The van der Waals surface area contributed by atoms with Crippen molar-refractivity contribution in [2.24, 2.45) is 0 Å². The summed E-state index contributed by atoms with van der Waals surface area (Å²) in [6.07, 6.45) is 1.95. The number of amides is 2. The molecule has 0 radical (unpaired) electrons. The molecule has 2 rings (SSSR count). The summed E-state index contributed by atoms with van der Waals surface area (Å²) in [7, 11) is 1.79. The molecule has 0 saturated heterocycles. The van der Waals surface area contributed by atoms with Crippen molar-refractivity contribution >= 4 is 35.0 Å². The van der Waals surface area contributed by atoms with Crippen LogP contribution >= 0.6 is 11.8 Å². The molecule has 1 unspecified atom stereocenters. The fraction of sp³-hybridized carbons (Fsp3) is 0.211. The number of hydrogen-bond acceptors (Lipinski definition) is 4. The van der Waals surface area contributed by atoms with Crippen LogP contribution in [0.3, 0.4) is 0 Å². The Morgan fingerprint density at radius 3 is 2.27 bits per heavy atom. The van der Waals surface area contributed by atoms with Crippen LogP contribution in [0.1, 0.15) is 5.56 Å². The van der Waals surface area contributed by atoms with Crippen molar-refractivity contribution in [1.29, 1.82) is 5.26 Å². The molecule has 0 saturated carbocycles. The summed E-state index contributed by atoms with van der Waals surface area (Å²) >= 11 is 1.57. The van der Waals surface area contributed by atoms with Gasteiger partial charge in [0.05, 0.1) is 24.4 Å². The van der Waals surface area contributed by atoms with Crippen LogP contribution in [-0.4, -0.2) is 38.2 Å². The molecule has 7 heteroatoms. The molecule has 6 nitrogen and oxygen atoms in total. The fourth-order valence-electron chi connectivity index (χ4n) is 2.39. The number of likely N-dealkylation sites (N-methyl/N-ethyl adjacent to an activating group) is 1. The van der Waals surface area contributed by atoms with Crippen molar-refractivity contribution in [3.63, 3.8) is 0 Å². The Bertz CT molecular complexity index is 815. The molecule has 134 valence electrons. The van der Waals surface area contributed by atoms with Gasteiger partial charge in [-0.05, 0) is 42.7 Å². The third kappa shape index (κ3) is 5.92. The SMILES string of the molecule is CSc1ccccc1NC(=O)C[NH+](C)CC(=O)Nc1ccc(C#N)cc1. The van der Waals surface area contributed by atoms with Crippen LogP contribution in [0.25, 0.3) is 0 Å². The summed E-state index contributed by atoms with van der Waals surface area (Å²) in [6, 6.07) is 16.3. The molecule has 1 atom stereocenters. The molecule has 0 bridgehead atoms. The zero-order valence-electron chi connectivity index (χ0n) is 14.7. The summed E-state index contributed by atoms with van der Waals surface area (Å²) in [5.74, 6) is -0.334. The molecule has 2 aromatic rings. The molecule has 0 aromatic heterocycles. The van der Waals surface area contributed by atoms with Crippen LogP contribution in [0, 0.1) is 11.3 Å². The van der Waals surface area contributed by atoms with Crippen molar-refractivity contribution in [1.82, 2.24) is 0 Å². The number of anilines is 2. The van der Waals surface area contributed by atoms with Gasteiger partial charge in [-0.25, -0.2) is 0 Å². The van der Waals surface area contributed by atoms with Gasteiger partial charge in [0.1, 0.15) is 0 Å². The highest BCUT2D eigenvalue weighted by molar-refractivity contribution is 7.98. The Labute approximate surface area is 157 Å². The summed E-state index contributed by atoms with van der Waals surface area (Å²) in [4.78, 5) is 26.1. The third-order valence-electron chi connectivity index (χ3n) is 3.60. The van der Waals surface area contributed by atoms with E-state index in [2.05, 4.69) is 10.6 Å². The average molecular weight is 369 g/mol. The topological polar surface area (TPSA) is 86.4 Å². The van der Waals surface area contributed by atoms with Gasteiger partial charge in [0, 0.05) is 10.6 Å². The molecular weight excluding hydrogens is 348 g/mol. The molecular formula is C19H21N4O2S+. The van der Waals surface area contributed by atoms with E-state index in [1.54, 1.807) is 43.1 Å². The van der Waals surface area contributed by atoms with E-state index in [4.69, 9.17) is 5.26 Å². The summed E-state index contributed by atoms with van der Waals surface area (Å²) < 4.78 is 0. The van der Waals surface area contributed by atoms with Gasteiger partial charge in [0.25, 0.3) is 11.8 Å². The van der Waals surface area contributed by atoms with Crippen molar-refractivity contribution in [2.45, 2.75) is 4.90 Å². The normalized spacial score (nSPS) is 11.3. The predicted octanol–water partition coefficient (Wildman–Crippen LogP) is 1.37. The second kappa shape index (κ2) is 9.61. The Kier molecular flexibility index (Phi) is 7.21. The zero-order valence-corrected chi connectivity index (χ0v) is 15.5. The van der Waals surface area contributed by atoms with Gasteiger partial charge in [-0.15, -0.1) is 11.8 Å². The summed E-state index contributed by atoms with van der Waals surface area (Å²) in [5.41, 5.74) is 1.94. The number of hydrogen-bond donors (Lipinski definition) is 3. The van der Waals surface area contributed by atoms with Gasteiger partial charge in [0.2, 0.25) is 0 Å². The van der Waals surface area contributed by atoms with Crippen molar-refractivity contribution in [3.05, 3.63) is 54.1 Å². The molecule has 0 spiro atoms. The third-order valence-corrected chi connectivity index (χ3v) is 4.40. The van der Waals surface area contributed by atoms with Crippen LogP contribution in [0.2, 0.25) is 0 Å². The summed E-state index contributed by atoms with van der Waals surface area (Å²) in [6.45, 7) is 0.348. The van der Waals surface area contributed by atoms with Crippen LogP contribution in [-0.2, 0) is 9.59 Å². The molecule has 2 amide bonds. The standard InChI is InChI=1S/C19H20N4O2S/c1-23(12-18(24)21-15-9-7-14(11-20)8-10-15)13-19(25)22-16-5-3-4-6-17(16)26-2/h3-10H,12-13H2,1-2H3,(H,21,24)(H,22,25)/p+1. The number of nitriles is 1. The van der Waals surface area contributed by atoms with Crippen LogP contribution in [0.15, 0.2) is 53.4 Å². The maximum atomic E-state index is 12.2. The molecule has 2 aromatic carbocycles. The van der Waals surface area contributed by atoms with E-state index in [9.17, 15) is 9.59 Å². The van der Waals surface area contributed by atoms with E-state index in [0.717, 1.165) is 15.5 Å². The first kappa shape index (κ1) is 19.5. The van der Waals surface area contributed by atoms with Gasteiger partial charge < -0.3 is 15.5 Å². The second-order valence-corrected chi connectivity index (χ2v) is 6.64. The average Bonchev–Trinajstić information content (AvgIpc) is 2.62. The van der Waals surface area contributed by atoms with Crippen molar-refractivity contribution < 1.29 is 14.5 Å². The first-order valence-corrected chi connectivity index (χ1v) is 9.28. The number of thioether (sulfide) groups is 1. The lowest BCUT2D eigenvalue weighted by molar-refractivity contribution is -0.862. The van der Waals surface area contributed by atoms with E-state index in [0.29, 0.717) is 11.3 Å². The number of benzene rings is 2.